The van der Waals surface area contributed by atoms with Crippen molar-refractivity contribution in [1.82, 2.24) is 0 Å². The molecule has 0 spiro atoms. The summed E-state index contributed by atoms with van der Waals surface area (Å²) in [6, 6.07) is 23.0. The maximum absolute atomic E-state index is 11.5. The molecule has 0 radical (unpaired) electrons. The number of hydrogen-bond acceptors (Lipinski definition) is 4. The Hall–Kier alpha value is -3.62. The second kappa shape index (κ2) is 8.85. The Kier molecular flexibility index (Phi) is 6.05. The fourth-order valence-electron chi connectivity index (χ4n) is 2.60. The summed E-state index contributed by atoms with van der Waals surface area (Å²) in [5.41, 5.74) is 2.35. The predicted octanol–water partition coefficient (Wildman–Crippen LogP) is 5.89. The minimum Gasteiger partial charge on any atom is -0.482 e. The maximum Gasteiger partial charge on any atom is 0.311 e. The predicted molar refractivity (Wildman–Crippen MR) is 109 cm³/mol. The zero-order chi connectivity index (χ0) is 19.9. The lowest BCUT2D eigenvalue weighted by molar-refractivity contribution is -0.386. The fourth-order valence-corrected chi connectivity index (χ4v) is 2.73. The molecule has 0 fully saturated rings. The van der Waals surface area contributed by atoms with Crippen LogP contribution >= 0.6 is 11.6 Å². The molecule has 0 aliphatic rings. The van der Waals surface area contributed by atoms with Crippen molar-refractivity contribution in [3.05, 3.63) is 105 Å². The van der Waals surface area contributed by atoms with Gasteiger partial charge in [0, 0.05) is 11.1 Å². The zero-order valence-electron chi connectivity index (χ0n) is 14.7. The summed E-state index contributed by atoms with van der Waals surface area (Å²) in [6.45, 7) is 0.227. The number of nitriles is 1. The highest BCUT2D eigenvalue weighted by Gasteiger charge is 2.16. The van der Waals surface area contributed by atoms with Gasteiger partial charge in [-0.15, -0.1) is 0 Å². The van der Waals surface area contributed by atoms with Gasteiger partial charge in [-0.05, 0) is 41.0 Å². The summed E-state index contributed by atoms with van der Waals surface area (Å²) in [5, 5.41) is 21.5. The van der Waals surface area contributed by atoms with E-state index < -0.39 is 4.92 Å². The molecule has 0 atom stereocenters. The first kappa shape index (κ1) is 19.2. The number of ether oxygens (including phenoxy) is 1. The first-order valence-corrected chi connectivity index (χ1v) is 8.77. The molecule has 3 aromatic carbocycles. The van der Waals surface area contributed by atoms with Crippen molar-refractivity contribution in [3.63, 3.8) is 0 Å². The van der Waals surface area contributed by atoms with Gasteiger partial charge in [0.15, 0.2) is 5.75 Å². The quantitative estimate of drug-likeness (QED) is 0.227. The van der Waals surface area contributed by atoms with Crippen LogP contribution in [0.5, 0.6) is 5.75 Å². The van der Waals surface area contributed by atoms with Gasteiger partial charge in [0.1, 0.15) is 6.61 Å². The molecule has 0 saturated carbocycles. The van der Waals surface area contributed by atoms with Crippen LogP contribution in [0, 0.1) is 21.4 Å². The summed E-state index contributed by atoms with van der Waals surface area (Å²) < 4.78 is 5.63. The third-order valence-electron chi connectivity index (χ3n) is 4.00. The molecule has 0 aliphatic carbocycles. The first-order valence-electron chi connectivity index (χ1n) is 8.40. The van der Waals surface area contributed by atoms with Crippen molar-refractivity contribution in [2.75, 3.05) is 0 Å². The number of halogens is 1. The highest BCUT2D eigenvalue weighted by atomic mass is 35.5. The van der Waals surface area contributed by atoms with Crippen molar-refractivity contribution < 1.29 is 9.66 Å². The van der Waals surface area contributed by atoms with E-state index >= 15 is 0 Å². The van der Waals surface area contributed by atoms with Crippen molar-refractivity contribution in [2.24, 2.45) is 0 Å². The van der Waals surface area contributed by atoms with Crippen molar-refractivity contribution in [2.45, 2.75) is 6.61 Å². The van der Waals surface area contributed by atoms with Crippen molar-refractivity contribution in [1.29, 1.82) is 5.26 Å². The minimum absolute atomic E-state index is 0.155. The first-order chi connectivity index (χ1) is 13.6. The van der Waals surface area contributed by atoms with E-state index in [0.29, 0.717) is 21.7 Å². The molecule has 28 heavy (non-hydrogen) atoms. The van der Waals surface area contributed by atoms with Gasteiger partial charge in [-0.25, -0.2) is 0 Å². The van der Waals surface area contributed by atoms with Gasteiger partial charge >= 0.3 is 5.69 Å². The molecular weight excluding hydrogens is 376 g/mol. The smallest absolute Gasteiger partial charge is 0.311 e. The van der Waals surface area contributed by atoms with E-state index in [0.717, 1.165) is 5.56 Å². The maximum atomic E-state index is 11.5. The van der Waals surface area contributed by atoms with Crippen LogP contribution in [-0.4, -0.2) is 4.92 Å². The van der Waals surface area contributed by atoms with Crippen LogP contribution < -0.4 is 4.74 Å². The second-order valence-corrected chi connectivity index (χ2v) is 6.37. The molecule has 5 nitrogen and oxygen atoms in total. The Bertz CT molecular complexity index is 1060. The second-order valence-electron chi connectivity index (χ2n) is 5.94. The molecule has 138 valence electrons. The van der Waals surface area contributed by atoms with Crippen LogP contribution in [0.3, 0.4) is 0 Å². The standard InChI is InChI=1S/C22H15ClN2O3/c23-20-9-7-18(8-10-20)19(14-24)12-17-6-11-22(21(13-17)25(26)27)28-15-16-4-2-1-3-5-16/h1-13H,15H2. The number of allylic oxidation sites excluding steroid dienone is 1. The lowest BCUT2D eigenvalue weighted by Crippen LogP contribution is -1.99. The fraction of sp³-hybridized carbons (Fsp3) is 0.0455. The van der Waals surface area contributed by atoms with Crippen LogP contribution in [0.2, 0.25) is 5.02 Å². The summed E-state index contributed by atoms with van der Waals surface area (Å²) in [4.78, 5) is 11.0. The van der Waals surface area contributed by atoms with Crippen molar-refractivity contribution in [3.8, 4) is 11.8 Å². The molecule has 0 unspecified atom stereocenters. The molecule has 0 bridgehead atoms. The average Bonchev–Trinajstić information content (AvgIpc) is 2.72. The van der Waals surface area contributed by atoms with Gasteiger partial charge in [-0.2, -0.15) is 5.26 Å². The third kappa shape index (κ3) is 4.76. The Morgan fingerprint density at radius 3 is 2.46 bits per heavy atom. The average molecular weight is 391 g/mol. The number of benzene rings is 3. The Labute approximate surface area is 167 Å². The van der Waals surface area contributed by atoms with E-state index in [1.54, 1.807) is 42.5 Å². The number of nitro benzene ring substituents is 1. The van der Waals surface area contributed by atoms with Gasteiger partial charge in [0.2, 0.25) is 0 Å². The Morgan fingerprint density at radius 1 is 1.11 bits per heavy atom. The minimum atomic E-state index is -0.494. The summed E-state index contributed by atoms with van der Waals surface area (Å²) >= 11 is 5.88. The molecule has 0 amide bonds. The van der Waals surface area contributed by atoms with E-state index in [2.05, 4.69) is 6.07 Å². The zero-order valence-corrected chi connectivity index (χ0v) is 15.5. The summed E-state index contributed by atoms with van der Waals surface area (Å²) in [7, 11) is 0. The van der Waals surface area contributed by atoms with Crippen LogP contribution in [0.4, 0.5) is 5.69 Å². The summed E-state index contributed by atoms with van der Waals surface area (Å²) in [5.74, 6) is 0.177. The topological polar surface area (TPSA) is 76.2 Å². The molecular formula is C22H15ClN2O3. The molecule has 0 saturated heterocycles. The Morgan fingerprint density at radius 2 is 1.82 bits per heavy atom. The van der Waals surface area contributed by atoms with Gasteiger partial charge in [0.05, 0.1) is 16.6 Å². The van der Waals surface area contributed by atoms with Gasteiger partial charge in [-0.1, -0.05) is 60.1 Å². The summed E-state index contributed by atoms with van der Waals surface area (Å²) in [6.07, 6.45) is 1.59. The largest absolute Gasteiger partial charge is 0.482 e. The monoisotopic (exact) mass is 390 g/mol. The highest BCUT2D eigenvalue weighted by Crippen LogP contribution is 2.30. The molecule has 0 N–H and O–H groups in total. The van der Waals surface area contributed by atoms with Crippen molar-refractivity contribution >= 4 is 28.9 Å². The normalized spacial score (nSPS) is 10.9. The third-order valence-corrected chi connectivity index (χ3v) is 4.26. The number of nitro groups is 1. The van der Waals surface area contributed by atoms with Crippen LogP contribution in [-0.2, 0) is 6.61 Å². The van der Waals surface area contributed by atoms with Gasteiger partial charge in [0.25, 0.3) is 0 Å². The van der Waals surface area contributed by atoms with Crippen LogP contribution in [0.25, 0.3) is 11.6 Å². The lowest BCUT2D eigenvalue weighted by atomic mass is 10.0. The Balaban J connectivity index is 1.88. The van der Waals surface area contributed by atoms with Crippen LogP contribution in [0.1, 0.15) is 16.7 Å². The molecule has 3 rings (SSSR count). The SMILES string of the molecule is N#CC(=Cc1ccc(OCc2ccccc2)c([N+](=O)[O-])c1)c1ccc(Cl)cc1. The number of nitrogens with zero attached hydrogens (tertiary/aromatic N) is 2. The molecule has 0 heterocycles. The van der Waals surface area contributed by atoms with E-state index in [1.165, 1.54) is 6.07 Å². The van der Waals surface area contributed by atoms with E-state index in [1.807, 2.05) is 30.3 Å². The number of hydrogen-bond donors (Lipinski definition) is 0. The van der Waals surface area contributed by atoms with Crippen LogP contribution in [0.15, 0.2) is 72.8 Å². The molecule has 3 aromatic rings. The van der Waals surface area contributed by atoms with E-state index in [9.17, 15) is 15.4 Å². The van der Waals surface area contributed by atoms with E-state index in [-0.39, 0.29) is 18.0 Å². The molecule has 0 aromatic heterocycles. The highest BCUT2D eigenvalue weighted by molar-refractivity contribution is 6.30. The van der Waals surface area contributed by atoms with E-state index in [4.69, 9.17) is 16.3 Å². The van der Waals surface area contributed by atoms with Gasteiger partial charge < -0.3 is 4.74 Å². The number of rotatable bonds is 6. The lowest BCUT2D eigenvalue weighted by Gasteiger charge is -2.08. The van der Waals surface area contributed by atoms with Gasteiger partial charge in [-0.3, -0.25) is 10.1 Å². The molecule has 6 heteroatoms. The molecule has 0 aliphatic heterocycles.